The summed E-state index contributed by atoms with van der Waals surface area (Å²) in [6.07, 6.45) is 0. The molecular formula is C63H54BN3S. The molecule has 0 radical (unpaired) electrons. The summed E-state index contributed by atoms with van der Waals surface area (Å²) in [5, 5.41) is 3.79. The molecule has 5 heteroatoms. The van der Waals surface area contributed by atoms with Gasteiger partial charge in [0.1, 0.15) is 5.01 Å². The van der Waals surface area contributed by atoms with E-state index in [4.69, 9.17) is 4.98 Å². The lowest BCUT2D eigenvalue weighted by Gasteiger charge is -2.43. The first-order valence-corrected chi connectivity index (χ1v) is 25.3. The SMILES string of the molecule is CC(C)(C)c1ccc(N2B3c4cc5nc(-c6ccccc6)sc5cc4-n4c5ccc(C(C)(C)C)cc5c5c6c(c(c3c54)-c3cc4c(cc32)-c2ccccc2C4(C)C)-c2ccccc2C6(C)C)cc1. The summed E-state index contributed by atoms with van der Waals surface area (Å²) in [5.41, 5.74) is 27.2. The average molecular weight is 896 g/mol. The van der Waals surface area contributed by atoms with Crippen LogP contribution in [0, 0.1) is 0 Å². The van der Waals surface area contributed by atoms with Crippen LogP contribution >= 0.6 is 11.3 Å². The van der Waals surface area contributed by atoms with Gasteiger partial charge in [-0.25, -0.2) is 4.98 Å². The van der Waals surface area contributed by atoms with E-state index in [-0.39, 0.29) is 28.5 Å². The van der Waals surface area contributed by atoms with Crippen molar-refractivity contribution in [3.8, 4) is 49.6 Å². The van der Waals surface area contributed by atoms with Gasteiger partial charge in [-0.2, -0.15) is 0 Å². The fourth-order valence-corrected chi connectivity index (χ4v) is 14.0. The van der Waals surface area contributed by atoms with Gasteiger partial charge in [0.05, 0.1) is 21.3 Å². The van der Waals surface area contributed by atoms with Crippen LogP contribution in [0.5, 0.6) is 0 Å². The molecule has 4 aliphatic rings. The minimum Gasteiger partial charge on any atom is -0.376 e. The molecule has 2 aliphatic carbocycles. The number of nitrogens with zero attached hydrogens (tertiary/aromatic N) is 3. The molecule has 0 N–H and O–H groups in total. The highest BCUT2D eigenvalue weighted by Gasteiger charge is 2.51. The largest absolute Gasteiger partial charge is 0.376 e. The first-order chi connectivity index (χ1) is 32.5. The molecule has 68 heavy (non-hydrogen) atoms. The van der Waals surface area contributed by atoms with E-state index in [2.05, 4.69) is 224 Å². The summed E-state index contributed by atoms with van der Waals surface area (Å²) in [6, 6.07) is 56.2. The zero-order chi connectivity index (χ0) is 46.6. The minimum atomic E-state index is -0.258. The molecule has 0 fully saturated rings. The van der Waals surface area contributed by atoms with Crippen LogP contribution in [0.3, 0.4) is 0 Å². The zero-order valence-corrected chi connectivity index (χ0v) is 41.5. The number of aromatic nitrogens is 2. The Bertz CT molecular complexity index is 3870. The van der Waals surface area contributed by atoms with Gasteiger partial charge in [-0.1, -0.05) is 166 Å². The molecule has 0 saturated carbocycles. The van der Waals surface area contributed by atoms with Crippen molar-refractivity contribution in [2.75, 3.05) is 4.81 Å². The lowest BCUT2D eigenvalue weighted by molar-refractivity contribution is 0.590. The average Bonchev–Trinajstić information content (AvgIpc) is 4.02. The maximum atomic E-state index is 5.46. The smallest absolute Gasteiger partial charge is 0.333 e. The topological polar surface area (TPSA) is 21.1 Å². The normalized spacial score (nSPS) is 15.7. The van der Waals surface area contributed by atoms with Crippen LogP contribution in [0.25, 0.3) is 81.7 Å². The number of hydrogen-bond acceptors (Lipinski definition) is 3. The number of thiazole rings is 1. The van der Waals surface area contributed by atoms with Crippen molar-refractivity contribution in [1.82, 2.24) is 9.55 Å². The number of hydrogen-bond donors (Lipinski definition) is 0. The van der Waals surface area contributed by atoms with Crippen molar-refractivity contribution < 1.29 is 0 Å². The molecule has 2 aromatic heterocycles. The molecule has 0 amide bonds. The Morgan fingerprint density at radius 2 is 1.22 bits per heavy atom. The molecule has 3 nitrogen and oxygen atoms in total. The highest BCUT2D eigenvalue weighted by atomic mass is 32.1. The molecule has 14 rings (SSSR count). The molecule has 8 aromatic carbocycles. The van der Waals surface area contributed by atoms with Crippen molar-refractivity contribution in [3.63, 3.8) is 0 Å². The van der Waals surface area contributed by atoms with Crippen LogP contribution in [0.2, 0.25) is 0 Å². The van der Waals surface area contributed by atoms with Gasteiger partial charge in [0, 0.05) is 49.8 Å². The van der Waals surface area contributed by atoms with Crippen LogP contribution in [-0.2, 0) is 21.7 Å². The maximum absolute atomic E-state index is 5.46. The first-order valence-electron chi connectivity index (χ1n) is 24.5. The van der Waals surface area contributed by atoms with E-state index in [0.29, 0.717) is 0 Å². The summed E-state index contributed by atoms with van der Waals surface area (Å²) in [7, 11) is 0. The molecule has 0 bridgehead atoms. The summed E-state index contributed by atoms with van der Waals surface area (Å²) >= 11 is 1.80. The molecule has 0 unspecified atom stereocenters. The highest BCUT2D eigenvalue weighted by molar-refractivity contribution is 7.21. The van der Waals surface area contributed by atoms with Crippen LogP contribution in [0.15, 0.2) is 146 Å². The monoisotopic (exact) mass is 895 g/mol. The zero-order valence-electron chi connectivity index (χ0n) is 40.7. The van der Waals surface area contributed by atoms with E-state index in [9.17, 15) is 0 Å². The van der Waals surface area contributed by atoms with E-state index in [1.165, 1.54) is 121 Å². The predicted molar refractivity (Wildman–Crippen MR) is 291 cm³/mol. The van der Waals surface area contributed by atoms with Gasteiger partial charge >= 0.3 is 6.85 Å². The summed E-state index contributed by atoms with van der Waals surface area (Å²) in [6.45, 7) is 23.7. The van der Waals surface area contributed by atoms with E-state index in [0.717, 1.165) is 16.1 Å². The molecule has 0 spiro atoms. The van der Waals surface area contributed by atoms with Gasteiger partial charge in [0.25, 0.3) is 0 Å². The predicted octanol–water partition coefficient (Wildman–Crippen LogP) is 15.5. The Morgan fingerprint density at radius 3 is 1.94 bits per heavy atom. The van der Waals surface area contributed by atoms with Crippen molar-refractivity contribution >= 4 is 72.5 Å². The van der Waals surface area contributed by atoms with Gasteiger partial charge in [-0.15, -0.1) is 11.3 Å². The lowest BCUT2D eigenvalue weighted by Crippen LogP contribution is -2.60. The van der Waals surface area contributed by atoms with Gasteiger partial charge in [-0.05, 0) is 131 Å². The Hall–Kier alpha value is -6.69. The Morgan fingerprint density at radius 1 is 0.559 bits per heavy atom. The quantitative estimate of drug-likeness (QED) is 0.161. The van der Waals surface area contributed by atoms with E-state index in [1.807, 2.05) is 0 Å². The molecule has 0 atom stereocenters. The van der Waals surface area contributed by atoms with E-state index >= 15 is 0 Å². The second-order valence-corrected chi connectivity index (χ2v) is 24.2. The lowest BCUT2D eigenvalue weighted by atomic mass is 9.43. The van der Waals surface area contributed by atoms with Gasteiger partial charge < -0.3 is 9.38 Å². The second-order valence-electron chi connectivity index (χ2n) is 23.2. The van der Waals surface area contributed by atoms with Crippen molar-refractivity contribution in [3.05, 3.63) is 179 Å². The van der Waals surface area contributed by atoms with E-state index < -0.39 is 0 Å². The van der Waals surface area contributed by atoms with Crippen LogP contribution < -0.4 is 15.7 Å². The Kier molecular flexibility index (Phi) is 7.78. The fourth-order valence-electron chi connectivity index (χ4n) is 13.0. The van der Waals surface area contributed by atoms with Gasteiger partial charge in [0.2, 0.25) is 0 Å². The molecule has 10 aromatic rings. The maximum Gasteiger partial charge on any atom is 0.333 e. The molecule has 0 saturated heterocycles. The van der Waals surface area contributed by atoms with Gasteiger partial charge in [-0.3, -0.25) is 0 Å². The fraction of sp³-hybridized carbons (Fsp3) is 0.222. The summed E-state index contributed by atoms with van der Waals surface area (Å²) in [4.78, 5) is 8.19. The third kappa shape index (κ3) is 5.13. The van der Waals surface area contributed by atoms with E-state index in [1.54, 1.807) is 11.3 Å². The molecule has 330 valence electrons. The summed E-state index contributed by atoms with van der Waals surface area (Å²) in [5.74, 6) is 0. The third-order valence-corrected chi connectivity index (χ3v) is 17.5. The van der Waals surface area contributed by atoms with Crippen molar-refractivity contribution in [2.45, 2.75) is 90.9 Å². The second kappa shape index (κ2) is 13.1. The Balaban J connectivity index is 1.21. The molecule has 2 aliphatic heterocycles. The van der Waals surface area contributed by atoms with Crippen molar-refractivity contribution in [2.24, 2.45) is 0 Å². The van der Waals surface area contributed by atoms with Crippen LogP contribution in [-0.4, -0.2) is 16.4 Å². The molecule has 4 heterocycles. The number of anilines is 2. The summed E-state index contributed by atoms with van der Waals surface area (Å²) < 4.78 is 3.89. The van der Waals surface area contributed by atoms with Crippen molar-refractivity contribution in [1.29, 1.82) is 0 Å². The minimum absolute atomic E-state index is 0.0188. The van der Waals surface area contributed by atoms with Crippen LogP contribution in [0.1, 0.15) is 103 Å². The number of rotatable bonds is 2. The Labute approximate surface area is 404 Å². The third-order valence-electron chi connectivity index (χ3n) is 16.5. The number of benzene rings is 8. The molecular weight excluding hydrogens is 842 g/mol. The highest BCUT2D eigenvalue weighted by Crippen LogP contribution is 2.61. The number of fused-ring (bicyclic) bond motifs is 17. The van der Waals surface area contributed by atoms with Crippen LogP contribution in [0.4, 0.5) is 11.4 Å². The standard InChI is InChI=1S/C63H54BN3S/c1-60(2,3)36-24-27-38(28-25-36)67-50-32-41-39-20-14-16-22-44(39)62(7,8)46(41)31-43(50)54-53-40-21-15-17-23-45(40)63(9,10)56(53)55-42-30-37(61(4,5)6)26-29-49(42)66-51-34-52-48(33-47(51)64(67)57(54)58(55)66)65-59(68-52)35-18-12-11-13-19-35/h11-34H,1-10H3. The first kappa shape index (κ1) is 40.4. The van der Waals surface area contributed by atoms with Gasteiger partial charge in [0.15, 0.2) is 0 Å².